The average molecular weight is 210 g/mol. The van der Waals surface area contributed by atoms with Crippen LogP contribution in [0.3, 0.4) is 0 Å². The molecular weight excluding hydrogens is 200 g/mol. The molecule has 0 saturated carbocycles. The number of benzene rings is 2. The van der Waals surface area contributed by atoms with E-state index in [0.717, 1.165) is 27.8 Å². The van der Waals surface area contributed by atoms with Crippen LogP contribution in [0.5, 0.6) is 0 Å². The molecule has 1 heterocycles. The number of rotatable bonds is 1. The van der Waals surface area contributed by atoms with Crippen LogP contribution in [-0.4, -0.2) is 4.98 Å². The fraction of sp³-hybridized carbons (Fsp3) is 0. The van der Waals surface area contributed by atoms with Crippen molar-refractivity contribution in [2.45, 2.75) is 0 Å². The number of nitrogens with zero attached hydrogens (tertiary/aromatic N) is 1. The lowest BCUT2D eigenvalue weighted by atomic mass is 10.0. The Morgan fingerprint density at radius 2 is 1.81 bits per heavy atom. The van der Waals surface area contributed by atoms with Crippen LogP contribution >= 0.6 is 0 Å². The Hall–Kier alpha value is -2.29. The molecule has 0 saturated heterocycles. The van der Waals surface area contributed by atoms with Gasteiger partial charge in [-0.2, -0.15) is 0 Å². The highest BCUT2D eigenvalue weighted by molar-refractivity contribution is 6.01. The van der Waals surface area contributed by atoms with Gasteiger partial charge in [0.05, 0.1) is 6.20 Å². The van der Waals surface area contributed by atoms with E-state index in [-0.39, 0.29) is 0 Å². The van der Waals surface area contributed by atoms with Gasteiger partial charge in [0.1, 0.15) is 0 Å². The summed E-state index contributed by atoms with van der Waals surface area (Å²) in [6.07, 6.45) is 3.14. The van der Waals surface area contributed by atoms with E-state index in [1.54, 1.807) is 6.20 Å². The number of hydrogen-bond acceptors (Lipinski definition) is 3. The SMILES string of the molecule is Nc1ccc(-c2cnco2)c2ccccc12. The van der Waals surface area contributed by atoms with Crippen LogP contribution in [0.2, 0.25) is 0 Å². The molecule has 0 unspecified atom stereocenters. The van der Waals surface area contributed by atoms with E-state index in [2.05, 4.69) is 4.98 Å². The van der Waals surface area contributed by atoms with Crippen molar-refractivity contribution in [3.8, 4) is 11.3 Å². The van der Waals surface area contributed by atoms with Gasteiger partial charge >= 0.3 is 0 Å². The van der Waals surface area contributed by atoms with E-state index in [9.17, 15) is 0 Å². The van der Waals surface area contributed by atoms with Gasteiger partial charge in [0.15, 0.2) is 12.2 Å². The fourth-order valence-electron chi connectivity index (χ4n) is 1.89. The van der Waals surface area contributed by atoms with Gasteiger partial charge in [0, 0.05) is 16.6 Å². The Morgan fingerprint density at radius 3 is 2.56 bits per heavy atom. The number of oxazole rings is 1. The Kier molecular flexibility index (Phi) is 1.90. The Labute approximate surface area is 92.5 Å². The van der Waals surface area contributed by atoms with Gasteiger partial charge in [-0.25, -0.2) is 4.98 Å². The van der Waals surface area contributed by atoms with Crippen molar-refractivity contribution >= 4 is 16.5 Å². The molecule has 0 aliphatic carbocycles. The normalized spacial score (nSPS) is 10.8. The molecule has 78 valence electrons. The molecule has 2 N–H and O–H groups in total. The van der Waals surface area contributed by atoms with E-state index in [1.165, 1.54) is 6.39 Å². The summed E-state index contributed by atoms with van der Waals surface area (Å²) in [5.41, 5.74) is 7.72. The molecule has 0 aliphatic heterocycles. The van der Waals surface area contributed by atoms with Crippen molar-refractivity contribution < 1.29 is 4.42 Å². The van der Waals surface area contributed by atoms with Crippen LogP contribution in [0, 0.1) is 0 Å². The van der Waals surface area contributed by atoms with E-state index in [4.69, 9.17) is 10.2 Å². The second-order valence-corrected chi connectivity index (χ2v) is 3.61. The van der Waals surface area contributed by atoms with E-state index < -0.39 is 0 Å². The number of anilines is 1. The predicted octanol–water partition coefficient (Wildman–Crippen LogP) is 3.08. The third kappa shape index (κ3) is 1.26. The Morgan fingerprint density at radius 1 is 1.00 bits per heavy atom. The molecular formula is C13H10N2O. The number of nitrogen functional groups attached to an aromatic ring is 1. The van der Waals surface area contributed by atoms with Crippen LogP contribution in [-0.2, 0) is 0 Å². The largest absolute Gasteiger partial charge is 0.443 e. The quantitative estimate of drug-likeness (QED) is 0.628. The van der Waals surface area contributed by atoms with Crippen LogP contribution in [0.1, 0.15) is 0 Å². The molecule has 1 aromatic heterocycles. The summed E-state index contributed by atoms with van der Waals surface area (Å²) in [6, 6.07) is 11.8. The van der Waals surface area contributed by atoms with Crippen molar-refractivity contribution in [2.75, 3.05) is 5.73 Å². The molecule has 16 heavy (non-hydrogen) atoms. The van der Waals surface area contributed by atoms with E-state index in [0.29, 0.717) is 0 Å². The van der Waals surface area contributed by atoms with Gasteiger partial charge < -0.3 is 10.2 Å². The van der Waals surface area contributed by atoms with Crippen molar-refractivity contribution in [3.05, 3.63) is 49.0 Å². The molecule has 2 aromatic carbocycles. The molecule has 0 bridgehead atoms. The topological polar surface area (TPSA) is 52.0 Å². The van der Waals surface area contributed by atoms with Gasteiger partial charge in [-0.05, 0) is 17.5 Å². The standard InChI is InChI=1S/C13H10N2O/c14-12-6-5-11(13-7-15-8-16-13)9-3-1-2-4-10(9)12/h1-8H,14H2. The summed E-state index contributed by atoms with van der Waals surface area (Å²) in [7, 11) is 0. The summed E-state index contributed by atoms with van der Waals surface area (Å²) in [5.74, 6) is 0.760. The highest BCUT2D eigenvalue weighted by Crippen LogP contribution is 2.31. The first kappa shape index (κ1) is 8.97. The molecule has 3 aromatic rings. The summed E-state index contributed by atoms with van der Waals surface area (Å²) in [5, 5.41) is 2.12. The smallest absolute Gasteiger partial charge is 0.181 e. The second-order valence-electron chi connectivity index (χ2n) is 3.61. The first-order chi connectivity index (χ1) is 7.86. The lowest BCUT2D eigenvalue weighted by Gasteiger charge is -2.05. The highest BCUT2D eigenvalue weighted by atomic mass is 16.3. The summed E-state index contributed by atoms with van der Waals surface area (Å²) >= 11 is 0. The zero-order valence-electron chi connectivity index (χ0n) is 8.55. The fourth-order valence-corrected chi connectivity index (χ4v) is 1.89. The maximum Gasteiger partial charge on any atom is 0.181 e. The number of hydrogen-bond donors (Lipinski definition) is 1. The molecule has 3 heteroatoms. The Balaban J connectivity index is 2.39. The van der Waals surface area contributed by atoms with Crippen LogP contribution in [0.4, 0.5) is 5.69 Å². The molecule has 3 nitrogen and oxygen atoms in total. The minimum Gasteiger partial charge on any atom is -0.443 e. The van der Waals surface area contributed by atoms with Crippen molar-refractivity contribution in [1.29, 1.82) is 0 Å². The summed E-state index contributed by atoms with van der Waals surface area (Å²) in [6.45, 7) is 0. The Bertz CT molecular complexity index is 629. The lowest BCUT2D eigenvalue weighted by Crippen LogP contribution is -1.88. The molecule has 0 fully saturated rings. The van der Waals surface area contributed by atoms with Gasteiger partial charge in [-0.1, -0.05) is 24.3 Å². The number of nitrogens with two attached hydrogens (primary N) is 1. The van der Waals surface area contributed by atoms with Crippen molar-refractivity contribution in [3.63, 3.8) is 0 Å². The molecule has 3 rings (SSSR count). The van der Waals surface area contributed by atoms with Crippen LogP contribution in [0.15, 0.2) is 53.4 Å². The third-order valence-electron chi connectivity index (χ3n) is 2.66. The summed E-state index contributed by atoms with van der Waals surface area (Å²) in [4.78, 5) is 3.93. The zero-order valence-corrected chi connectivity index (χ0v) is 8.55. The maximum atomic E-state index is 5.93. The van der Waals surface area contributed by atoms with Crippen molar-refractivity contribution in [1.82, 2.24) is 4.98 Å². The van der Waals surface area contributed by atoms with Gasteiger partial charge in [-0.3, -0.25) is 0 Å². The first-order valence-corrected chi connectivity index (χ1v) is 5.02. The maximum absolute atomic E-state index is 5.93. The monoisotopic (exact) mass is 210 g/mol. The van der Waals surface area contributed by atoms with E-state index in [1.807, 2.05) is 36.4 Å². The molecule has 0 aliphatic rings. The number of aromatic nitrogens is 1. The minimum absolute atomic E-state index is 0.760. The summed E-state index contributed by atoms with van der Waals surface area (Å²) < 4.78 is 5.32. The highest BCUT2D eigenvalue weighted by Gasteiger charge is 2.07. The zero-order chi connectivity index (χ0) is 11.0. The number of fused-ring (bicyclic) bond motifs is 1. The van der Waals surface area contributed by atoms with Crippen LogP contribution in [0.25, 0.3) is 22.1 Å². The minimum atomic E-state index is 0.760. The van der Waals surface area contributed by atoms with Crippen molar-refractivity contribution in [2.24, 2.45) is 0 Å². The third-order valence-corrected chi connectivity index (χ3v) is 2.66. The van der Waals surface area contributed by atoms with E-state index >= 15 is 0 Å². The average Bonchev–Trinajstić information content (AvgIpc) is 2.83. The molecule has 0 spiro atoms. The first-order valence-electron chi connectivity index (χ1n) is 5.02. The lowest BCUT2D eigenvalue weighted by molar-refractivity contribution is 0.572. The van der Waals surface area contributed by atoms with Gasteiger partial charge in [0.2, 0.25) is 0 Å². The molecule has 0 radical (unpaired) electrons. The van der Waals surface area contributed by atoms with Gasteiger partial charge in [-0.15, -0.1) is 0 Å². The van der Waals surface area contributed by atoms with Crippen LogP contribution < -0.4 is 5.73 Å². The molecule has 0 amide bonds. The predicted molar refractivity (Wildman–Crippen MR) is 63.9 cm³/mol. The molecule has 0 atom stereocenters. The van der Waals surface area contributed by atoms with Gasteiger partial charge in [0.25, 0.3) is 0 Å². The second kappa shape index (κ2) is 3.38.